The van der Waals surface area contributed by atoms with Gasteiger partial charge in [-0.05, 0) is 18.6 Å². The maximum atomic E-state index is 13.6. The highest BCUT2D eigenvalue weighted by molar-refractivity contribution is 5.19. The Hall–Kier alpha value is -1.00. The minimum Gasteiger partial charge on any atom is -0.348 e. The fourth-order valence-corrected chi connectivity index (χ4v) is 2.27. The topological polar surface area (TPSA) is 18.5 Å². The molecule has 4 heteroatoms. The Balaban J connectivity index is 1.85. The van der Waals surface area contributed by atoms with E-state index in [4.69, 9.17) is 9.47 Å². The molecule has 19 heavy (non-hydrogen) atoms. The quantitative estimate of drug-likeness (QED) is 0.746. The average Bonchev–Trinajstić information content (AvgIpc) is 2.40. The van der Waals surface area contributed by atoms with Gasteiger partial charge in [0, 0.05) is 17.5 Å². The molecule has 2 nitrogen and oxygen atoms in total. The van der Waals surface area contributed by atoms with Crippen molar-refractivity contribution in [1.82, 2.24) is 0 Å². The molecule has 1 heterocycles. The van der Waals surface area contributed by atoms with Crippen molar-refractivity contribution in [3.63, 3.8) is 0 Å². The summed E-state index contributed by atoms with van der Waals surface area (Å²) in [7, 11) is 0. The van der Waals surface area contributed by atoms with Gasteiger partial charge in [0.15, 0.2) is 6.29 Å². The van der Waals surface area contributed by atoms with Crippen LogP contribution in [0.5, 0.6) is 0 Å². The van der Waals surface area contributed by atoms with E-state index in [9.17, 15) is 8.78 Å². The fraction of sp³-hybridized carbons (Fsp3) is 0.600. The SMILES string of the molecule is CCCCCC1COC(c2ccc(F)cc2F)OC1. The lowest BCUT2D eigenvalue weighted by molar-refractivity contribution is -0.207. The van der Waals surface area contributed by atoms with Crippen LogP contribution in [-0.4, -0.2) is 13.2 Å². The first kappa shape index (κ1) is 14.4. The van der Waals surface area contributed by atoms with E-state index in [1.807, 2.05) is 0 Å². The van der Waals surface area contributed by atoms with Crippen molar-refractivity contribution in [2.75, 3.05) is 13.2 Å². The Labute approximate surface area is 112 Å². The van der Waals surface area contributed by atoms with Gasteiger partial charge in [-0.25, -0.2) is 8.78 Å². The average molecular weight is 270 g/mol. The third kappa shape index (κ3) is 3.98. The molecule has 1 aromatic rings. The Morgan fingerprint density at radius 3 is 2.53 bits per heavy atom. The zero-order valence-electron chi connectivity index (χ0n) is 11.2. The molecule has 0 aliphatic carbocycles. The van der Waals surface area contributed by atoms with Crippen LogP contribution in [-0.2, 0) is 9.47 Å². The lowest BCUT2D eigenvalue weighted by Crippen LogP contribution is -2.27. The van der Waals surface area contributed by atoms with Gasteiger partial charge < -0.3 is 9.47 Å². The van der Waals surface area contributed by atoms with Crippen LogP contribution in [0.3, 0.4) is 0 Å². The van der Waals surface area contributed by atoms with Crippen LogP contribution in [0, 0.1) is 17.6 Å². The van der Waals surface area contributed by atoms with Gasteiger partial charge in [-0.3, -0.25) is 0 Å². The van der Waals surface area contributed by atoms with Gasteiger partial charge in [0.1, 0.15) is 11.6 Å². The Kier molecular flexibility index (Phi) is 5.28. The fourth-order valence-electron chi connectivity index (χ4n) is 2.27. The zero-order valence-corrected chi connectivity index (χ0v) is 11.2. The molecule has 1 aliphatic heterocycles. The number of hydrogen-bond donors (Lipinski definition) is 0. The first-order chi connectivity index (χ1) is 9.20. The Morgan fingerprint density at radius 2 is 1.89 bits per heavy atom. The summed E-state index contributed by atoms with van der Waals surface area (Å²) < 4.78 is 37.5. The van der Waals surface area contributed by atoms with Gasteiger partial charge in [-0.2, -0.15) is 0 Å². The maximum absolute atomic E-state index is 13.6. The minimum absolute atomic E-state index is 0.272. The summed E-state index contributed by atoms with van der Waals surface area (Å²) >= 11 is 0. The van der Waals surface area contributed by atoms with E-state index in [2.05, 4.69) is 6.92 Å². The number of hydrogen-bond acceptors (Lipinski definition) is 2. The predicted octanol–water partition coefficient (Wildman–Crippen LogP) is 4.21. The van der Waals surface area contributed by atoms with Gasteiger partial charge >= 0.3 is 0 Å². The molecule has 0 radical (unpaired) electrons. The second-order valence-electron chi connectivity index (χ2n) is 5.03. The van der Waals surface area contributed by atoms with Crippen molar-refractivity contribution in [1.29, 1.82) is 0 Å². The third-order valence-electron chi connectivity index (χ3n) is 3.40. The summed E-state index contributed by atoms with van der Waals surface area (Å²) in [5.41, 5.74) is 0.272. The van der Waals surface area contributed by atoms with Crippen LogP contribution in [0.2, 0.25) is 0 Å². The highest BCUT2D eigenvalue weighted by Gasteiger charge is 2.25. The Morgan fingerprint density at radius 1 is 1.16 bits per heavy atom. The van der Waals surface area contributed by atoms with E-state index >= 15 is 0 Å². The molecular formula is C15H20F2O2. The van der Waals surface area contributed by atoms with Crippen molar-refractivity contribution in [2.45, 2.75) is 38.9 Å². The van der Waals surface area contributed by atoms with Gasteiger partial charge in [-0.15, -0.1) is 0 Å². The molecule has 1 aliphatic rings. The van der Waals surface area contributed by atoms with E-state index < -0.39 is 17.9 Å². The number of ether oxygens (including phenoxy) is 2. The first-order valence-corrected chi connectivity index (χ1v) is 6.89. The summed E-state index contributed by atoms with van der Waals surface area (Å²) in [5.74, 6) is -0.824. The molecule has 0 atom stereocenters. The zero-order chi connectivity index (χ0) is 13.7. The van der Waals surface area contributed by atoms with Gasteiger partial charge in [-0.1, -0.05) is 26.2 Å². The minimum atomic E-state index is -0.706. The second-order valence-corrected chi connectivity index (χ2v) is 5.03. The molecule has 0 saturated carbocycles. The van der Waals surface area contributed by atoms with E-state index in [0.29, 0.717) is 19.1 Å². The van der Waals surface area contributed by atoms with E-state index in [1.165, 1.54) is 31.4 Å². The number of rotatable bonds is 5. The van der Waals surface area contributed by atoms with Crippen LogP contribution in [0.4, 0.5) is 8.78 Å². The van der Waals surface area contributed by atoms with Gasteiger partial charge in [0.05, 0.1) is 13.2 Å². The van der Waals surface area contributed by atoms with Crippen LogP contribution in [0.25, 0.3) is 0 Å². The monoisotopic (exact) mass is 270 g/mol. The Bertz CT molecular complexity index is 401. The standard InChI is InChI=1S/C15H20F2O2/c1-2-3-4-5-11-9-18-15(19-10-11)13-7-6-12(16)8-14(13)17/h6-8,11,15H,2-5,9-10H2,1H3. The molecule has 0 aromatic heterocycles. The summed E-state index contributed by atoms with van der Waals surface area (Å²) in [6.45, 7) is 3.32. The van der Waals surface area contributed by atoms with E-state index in [0.717, 1.165) is 12.5 Å². The molecule has 1 fully saturated rings. The molecule has 0 bridgehead atoms. The molecule has 1 saturated heterocycles. The summed E-state index contributed by atoms with van der Waals surface area (Å²) in [4.78, 5) is 0. The lowest BCUT2D eigenvalue weighted by Gasteiger charge is -2.29. The highest BCUT2D eigenvalue weighted by atomic mass is 19.1. The molecule has 2 rings (SSSR count). The molecule has 0 N–H and O–H groups in total. The molecule has 0 unspecified atom stereocenters. The van der Waals surface area contributed by atoms with Crippen LogP contribution >= 0.6 is 0 Å². The van der Waals surface area contributed by atoms with Crippen molar-refractivity contribution >= 4 is 0 Å². The summed E-state index contributed by atoms with van der Waals surface area (Å²) in [6.07, 6.45) is 3.95. The molecule has 1 aromatic carbocycles. The molecule has 0 amide bonds. The van der Waals surface area contributed by atoms with Crippen LogP contribution in [0.15, 0.2) is 18.2 Å². The number of unbranched alkanes of at least 4 members (excludes halogenated alkanes) is 2. The van der Waals surface area contributed by atoms with Crippen molar-refractivity contribution in [2.24, 2.45) is 5.92 Å². The van der Waals surface area contributed by atoms with Crippen LogP contribution in [0.1, 0.15) is 44.5 Å². The maximum Gasteiger partial charge on any atom is 0.186 e. The second kappa shape index (κ2) is 6.96. The summed E-state index contributed by atoms with van der Waals surface area (Å²) in [6, 6.07) is 3.46. The first-order valence-electron chi connectivity index (χ1n) is 6.89. The number of halogens is 2. The smallest absolute Gasteiger partial charge is 0.186 e. The molecule has 106 valence electrons. The van der Waals surface area contributed by atoms with Crippen molar-refractivity contribution in [3.05, 3.63) is 35.4 Å². The predicted molar refractivity (Wildman–Crippen MR) is 68.6 cm³/mol. The van der Waals surface area contributed by atoms with E-state index in [-0.39, 0.29) is 5.56 Å². The normalized spacial score (nSPS) is 23.5. The highest BCUT2D eigenvalue weighted by Crippen LogP contribution is 2.29. The van der Waals surface area contributed by atoms with Crippen molar-refractivity contribution in [3.8, 4) is 0 Å². The van der Waals surface area contributed by atoms with Gasteiger partial charge in [0.25, 0.3) is 0 Å². The third-order valence-corrected chi connectivity index (χ3v) is 3.40. The molecular weight excluding hydrogens is 250 g/mol. The number of benzene rings is 1. The van der Waals surface area contributed by atoms with Gasteiger partial charge in [0.2, 0.25) is 0 Å². The van der Waals surface area contributed by atoms with E-state index in [1.54, 1.807) is 0 Å². The largest absolute Gasteiger partial charge is 0.348 e. The van der Waals surface area contributed by atoms with Crippen molar-refractivity contribution < 1.29 is 18.3 Å². The summed E-state index contributed by atoms with van der Waals surface area (Å²) in [5, 5.41) is 0. The van der Waals surface area contributed by atoms with Crippen LogP contribution < -0.4 is 0 Å². The lowest BCUT2D eigenvalue weighted by atomic mass is 10.0. The molecule has 0 spiro atoms.